The Morgan fingerprint density at radius 3 is 2.83 bits per heavy atom. The van der Waals surface area contributed by atoms with Crippen LogP contribution >= 0.6 is 0 Å². The van der Waals surface area contributed by atoms with Crippen molar-refractivity contribution < 1.29 is 22.7 Å². The maximum absolute atomic E-state index is 12.3. The zero-order chi connectivity index (χ0) is 13.1. The minimum atomic E-state index is -2.88. The summed E-state index contributed by atoms with van der Waals surface area (Å²) in [5.41, 5.74) is 0. The molecule has 1 aromatic heterocycles. The first kappa shape index (κ1) is 12.7. The maximum Gasteiger partial charge on any atom is 0.277 e. The van der Waals surface area contributed by atoms with E-state index in [9.17, 15) is 18.0 Å². The molecule has 0 bridgehead atoms. The summed E-state index contributed by atoms with van der Waals surface area (Å²) in [5.74, 6) is 0.0995. The molecule has 100 valence electrons. The second-order valence-corrected chi connectivity index (χ2v) is 4.01. The van der Waals surface area contributed by atoms with E-state index in [1.165, 1.54) is 17.1 Å². The second-order valence-electron chi connectivity index (χ2n) is 4.01. The first-order valence-electron chi connectivity index (χ1n) is 5.38. The van der Waals surface area contributed by atoms with Gasteiger partial charge in [0, 0.05) is 13.1 Å². The molecule has 1 atom stereocenters. The van der Waals surface area contributed by atoms with Crippen molar-refractivity contribution in [2.24, 2.45) is 0 Å². The molecule has 0 saturated carbocycles. The number of likely N-dealkylation sites (tertiary alicyclic amines) is 1. The van der Waals surface area contributed by atoms with Gasteiger partial charge >= 0.3 is 0 Å². The highest BCUT2D eigenvalue weighted by molar-refractivity contribution is 5.48. The van der Waals surface area contributed by atoms with Crippen molar-refractivity contribution in [2.75, 3.05) is 19.8 Å². The zero-order valence-electron chi connectivity index (χ0n) is 9.38. The van der Waals surface area contributed by atoms with E-state index in [1.54, 1.807) is 4.90 Å². The van der Waals surface area contributed by atoms with Crippen molar-refractivity contribution in [1.82, 2.24) is 14.7 Å². The Morgan fingerprint density at radius 2 is 2.28 bits per heavy atom. The number of halogens is 3. The van der Waals surface area contributed by atoms with Crippen LogP contribution in [0, 0.1) is 0 Å². The fourth-order valence-corrected chi connectivity index (χ4v) is 1.65. The van der Waals surface area contributed by atoms with Gasteiger partial charge in [0.05, 0.1) is 18.4 Å². The Bertz CT molecular complexity index is 407. The molecule has 1 unspecified atom stereocenters. The van der Waals surface area contributed by atoms with Crippen molar-refractivity contribution in [1.29, 1.82) is 0 Å². The van der Waals surface area contributed by atoms with Crippen LogP contribution in [0.5, 0.6) is 5.75 Å². The third-order valence-corrected chi connectivity index (χ3v) is 2.71. The second kappa shape index (κ2) is 5.28. The molecule has 0 N–H and O–H groups in total. The Balaban J connectivity index is 1.92. The zero-order valence-corrected chi connectivity index (χ0v) is 9.38. The van der Waals surface area contributed by atoms with E-state index in [-0.39, 0.29) is 11.8 Å². The largest absolute Gasteiger partial charge is 0.478 e. The molecule has 0 spiro atoms. The number of amides is 1. The molecule has 2 rings (SSSR count). The van der Waals surface area contributed by atoms with Crippen molar-refractivity contribution in [3.8, 4) is 5.75 Å². The van der Waals surface area contributed by atoms with Gasteiger partial charge in [-0.3, -0.25) is 9.48 Å². The fourth-order valence-electron chi connectivity index (χ4n) is 1.65. The van der Waals surface area contributed by atoms with Crippen LogP contribution in [-0.2, 0) is 4.79 Å². The fraction of sp³-hybridized carbons (Fsp3) is 0.600. The predicted molar refractivity (Wildman–Crippen MR) is 55.3 cm³/mol. The lowest BCUT2D eigenvalue weighted by Crippen LogP contribution is -2.46. The summed E-state index contributed by atoms with van der Waals surface area (Å²) in [6.45, 7) is -0.219. The van der Waals surface area contributed by atoms with E-state index < -0.39 is 19.2 Å². The molecular weight excluding hydrogens is 251 g/mol. The highest BCUT2D eigenvalue weighted by Crippen LogP contribution is 2.22. The number of alkyl halides is 3. The molecule has 1 aromatic rings. The number of carbonyl (C=O) groups excluding carboxylic acids is 1. The molecule has 1 saturated heterocycles. The Hall–Kier alpha value is -1.73. The van der Waals surface area contributed by atoms with Crippen LogP contribution < -0.4 is 4.74 Å². The van der Waals surface area contributed by atoms with Crippen LogP contribution in [0.15, 0.2) is 12.4 Å². The van der Waals surface area contributed by atoms with E-state index in [1.807, 2.05) is 0 Å². The molecule has 8 heteroatoms. The summed E-state index contributed by atoms with van der Waals surface area (Å²) in [4.78, 5) is 11.9. The minimum Gasteiger partial charge on any atom is -0.478 e. The van der Waals surface area contributed by atoms with Crippen LogP contribution in [0.25, 0.3) is 0 Å². The summed E-state index contributed by atoms with van der Waals surface area (Å²) >= 11 is 0. The first-order valence-corrected chi connectivity index (χ1v) is 5.38. The van der Waals surface area contributed by atoms with Crippen molar-refractivity contribution in [3.63, 3.8) is 0 Å². The van der Waals surface area contributed by atoms with E-state index in [4.69, 9.17) is 4.74 Å². The topological polar surface area (TPSA) is 47.4 Å². The number of aromatic nitrogens is 2. The Kier molecular flexibility index (Phi) is 3.73. The number of carbonyl (C=O) groups is 1. The van der Waals surface area contributed by atoms with Gasteiger partial charge in [0.2, 0.25) is 6.41 Å². The van der Waals surface area contributed by atoms with Gasteiger partial charge < -0.3 is 9.64 Å². The molecule has 0 aromatic carbocycles. The SMILES string of the molecule is O=CN1CC(n2cc(OC(CF)C(F)F)cn2)C1. The lowest BCUT2D eigenvalue weighted by atomic mass is 10.1. The van der Waals surface area contributed by atoms with E-state index >= 15 is 0 Å². The standard InChI is InChI=1S/C10H12F3N3O2/c11-1-9(10(12)13)18-8-2-14-16(5-8)7-3-15(4-7)6-17/h2,5-7,9-10H,1,3-4H2. The molecule has 1 fully saturated rings. The smallest absolute Gasteiger partial charge is 0.277 e. The maximum atomic E-state index is 12.3. The Morgan fingerprint density at radius 1 is 1.56 bits per heavy atom. The van der Waals surface area contributed by atoms with Gasteiger partial charge in [0.1, 0.15) is 6.67 Å². The van der Waals surface area contributed by atoms with E-state index in [2.05, 4.69) is 5.10 Å². The molecule has 0 aliphatic carbocycles. The van der Waals surface area contributed by atoms with Crippen molar-refractivity contribution in [3.05, 3.63) is 12.4 Å². The van der Waals surface area contributed by atoms with Crippen molar-refractivity contribution in [2.45, 2.75) is 18.6 Å². The molecule has 5 nitrogen and oxygen atoms in total. The van der Waals surface area contributed by atoms with Crippen LogP contribution in [0.2, 0.25) is 0 Å². The molecular formula is C10H12F3N3O2. The molecule has 1 amide bonds. The Labute approximate surface area is 101 Å². The molecule has 18 heavy (non-hydrogen) atoms. The van der Waals surface area contributed by atoms with E-state index in [0.717, 1.165) is 6.41 Å². The molecule has 0 radical (unpaired) electrons. The van der Waals surface area contributed by atoms with Gasteiger partial charge in [-0.15, -0.1) is 0 Å². The normalized spacial score (nSPS) is 17.7. The summed E-state index contributed by atoms with van der Waals surface area (Å²) in [5, 5.41) is 3.94. The number of nitrogens with zero attached hydrogens (tertiary/aromatic N) is 3. The van der Waals surface area contributed by atoms with Crippen LogP contribution in [-0.4, -0.2) is 53.4 Å². The van der Waals surface area contributed by atoms with Gasteiger partial charge in [-0.25, -0.2) is 13.2 Å². The van der Waals surface area contributed by atoms with Crippen LogP contribution in [0.1, 0.15) is 6.04 Å². The summed E-state index contributed by atoms with van der Waals surface area (Å²) < 4.78 is 43.1. The third-order valence-electron chi connectivity index (χ3n) is 2.71. The van der Waals surface area contributed by atoms with Gasteiger partial charge in [-0.05, 0) is 0 Å². The van der Waals surface area contributed by atoms with Gasteiger partial charge in [-0.2, -0.15) is 5.10 Å². The number of ether oxygens (including phenoxy) is 1. The summed E-state index contributed by atoms with van der Waals surface area (Å²) in [6, 6.07) is 0.0166. The van der Waals surface area contributed by atoms with Crippen molar-refractivity contribution >= 4 is 6.41 Å². The predicted octanol–water partition coefficient (Wildman–Crippen LogP) is 0.878. The molecule has 1 aliphatic rings. The summed E-state index contributed by atoms with van der Waals surface area (Å²) in [7, 11) is 0. The average molecular weight is 263 g/mol. The van der Waals surface area contributed by atoms with Gasteiger partial charge in [0.15, 0.2) is 11.9 Å². The summed E-state index contributed by atoms with van der Waals surface area (Å²) in [6.07, 6.45) is -1.23. The lowest BCUT2D eigenvalue weighted by molar-refractivity contribution is -0.123. The number of rotatable bonds is 6. The van der Waals surface area contributed by atoms with Crippen LogP contribution in [0.3, 0.4) is 0 Å². The highest BCUT2D eigenvalue weighted by atomic mass is 19.3. The first-order chi connectivity index (χ1) is 8.63. The van der Waals surface area contributed by atoms with Gasteiger partial charge in [-0.1, -0.05) is 0 Å². The third kappa shape index (κ3) is 2.57. The number of hydrogen-bond donors (Lipinski definition) is 0. The van der Waals surface area contributed by atoms with Crippen LogP contribution in [0.4, 0.5) is 13.2 Å². The lowest BCUT2D eigenvalue weighted by Gasteiger charge is -2.36. The van der Waals surface area contributed by atoms with Gasteiger partial charge in [0.25, 0.3) is 6.43 Å². The molecule has 1 aliphatic heterocycles. The monoisotopic (exact) mass is 263 g/mol. The minimum absolute atomic E-state index is 0.0166. The highest BCUT2D eigenvalue weighted by Gasteiger charge is 2.28. The molecule has 2 heterocycles. The quantitative estimate of drug-likeness (QED) is 0.716. The number of hydrogen-bond acceptors (Lipinski definition) is 3. The average Bonchev–Trinajstić information content (AvgIpc) is 2.72. The van der Waals surface area contributed by atoms with E-state index in [0.29, 0.717) is 13.1 Å².